The van der Waals surface area contributed by atoms with Crippen LogP contribution in [0.3, 0.4) is 0 Å². The van der Waals surface area contributed by atoms with E-state index < -0.39 is 5.91 Å². The van der Waals surface area contributed by atoms with Gasteiger partial charge in [-0.1, -0.05) is 6.07 Å². The van der Waals surface area contributed by atoms with Gasteiger partial charge in [-0.15, -0.1) is 0 Å². The lowest BCUT2D eigenvalue weighted by molar-refractivity contribution is 0.0995. The number of pyridine rings is 1. The molecule has 0 saturated carbocycles. The minimum atomic E-state index is -0.649. The molecule has 0 bridgehead atoms. The zero-order valence-electron chi connectivity index (χ0n) is 9.33. The maximum atomic E-state index is 11.0. The second kappa shape index (κ2) is 4.62. The van der Waals surface area contributed by atoms with Gasteiger partial charge in [-0.05, 0) is 18.2 Å². The van der Waals surface area contributed by atoms with Crippen molar-refractivity contribution in [1.82, 2.24) is 4.98 Å². The molecule has 1 heterocycles. The number of amides is 1. The molecule has 1 aromatic carbocycles. The third kappa shape index (κ3) is 2.32. The SMILES string of the molecule is NC(=O)c1cc(Oc2cccc(O)c2N)ccn1. The summed E-state index contributed by atoms with van der Waals surface area (Å²) < 4.78 is 5.45. The van der Waals surface area contributed by atoms with Crippen LogP contribution in [-0.4, -0.2) is 16.0 Å². The number of primary amides is 1. The van der Waals surface area contributed by atoms with E-state index in [0.29, 0.717) is 5.75 Å². The third-order valence-electron chi connectivity index (χ3n) is 2.25. The molecule has 18 heavy (non-hydrogen) atoms. The Bertz CT molecular complexity index is 599. The number of anilines is 1. The summed E-state index contributed by atoms with van der Waals surface area (Å²) >= 11 is 0. The first-order chi connectivity index (χ1) is 8.58. The Hall–Kier alpha value is -2.76. The van der Waals surface area contributed by atoms with Crippen LogP contribution in [0.4, 0.5) is 5.69 Å². The number of benzene rings is 1. The fourth-order valence-corrected chi connectivity index (χ4v) is 1.36. The summed E-state index contributed by atoms with van der Waals surface area (Å²) in [6, 6.07) is 7.59. The molecule has 2 aromatic rings. The summed E-state index contributed by atoms with van der Waals surface area (Å²) in [4.78, 5) is 14.8. The Morgan fingerprint density at radius 2 is 2.11 bits per heavy atom. The number of carbonyl (C=O) groups excluding carboxylic acids is 1. The molecule has 0 saturated heterocycles. The van der Waals surface area contributed by atoms with Crippen LogP contribution >= 0.6 is 0 Å². The molecule has 0 radical (unpaired) electrons. The Labute approximate surface area is 103 Å². The number of ether oxygens (including phenoxy) is 1. The van der Waals surface area contributed by atoms with Crippen molar-refractivity contribution in [2.75, 3.05) is 5.73 Å². The highest BCUT2D eigenvalue weighted by Crippen LogP contribution is 2.33. The molecule has 2 rings (SSSR count). The van der Waals surface area contributed by atoms with E-state index >= 15 is 0 Å². The highest BCUT2D eigenvalue weighted by molar-refractivity contribution is 5.91. The van der Waals surface area contributed by atoms with Gasteiger partial charge in [-0.2, -0.15) is 0 Å². The third-order valence-corrected chi connectivity index (χ3v) is 2.25. The predicted molar refractivity (Wildman–Crippen MR) is 65.3 cm³/mol. The van der Waals surface area contributed by atoms with Gasteiger partial charge in [0.05, 0.1) is 0 Å². The van der Waals surface area contributed by atoms with E-state index in [4.69, 9.17) is 16.2 Å². The van der Waals surface area contributed by atoms with E-state index in [1.165, 1.54) is 18.3 Å². The van der Waals surface area contributed by atoms with Crippen molar-refractivity contribution >= 4 is 11.6 Å². The zero-order chi connectivity index (χ0) is 13.1. The normalized spacial score (nSPS) is 10.0. The minimum Gasteiger partial charge on any atom is -0.506 e. The second-order valence-corrected chi connectivity index (χ2v) is 3.53. The number of para-hydroxylation sites is 1. The first-order valence-corrected chi connectivity index (χ1v) is 5.09. The van der Waals surface area contributed by atoms with Crippen LogP contribution in [0.2, 0.25) is 0 Å². The average Bonchev–Trinajstić information content (AvgIpc) is 2.35. The van der Waals surface area contributed by atoms with Crippen molar-refractivity contribution in [2.24, 2.45) is 5.73 Å². The van der Waals surface area contributed by atoms with E-state index in [-0.39, 0.29) is 22.9 Å². The number of nitrogen functional groups attached to an aromatic ring is 1. The first-order valence-electron chi connectivity index (χ1n) is 5.09. The van der Waals surface area contributed by atoms with Gasteiger partial charge in [0.2, 0.25) is 0 Å². The molecule has 1 aromatic heterocycles. The fourth-order valence-electron chi connectivity index (χ4n) is 1.36. The van der Waals surface area contributed by atoms with E-state index in [1.54, 1.807) is 18.2 Å². The highest BCUT2D eigenvalue weighted by atomic mass is 16.5. The predicted octanol–water partition coefficient (Wildman–Crippen LogP) is 1.26. The van der Waals surface area contributed by atoms with Gasteiger partial charge in [0.1, 0.15) is 22.9 Å². The summed E-state index contributed by atoms with van der Waals surface area (Å²) in [7, 11) is 0. The molecule has 0 aliphatic rings. The lowest BCUT2D eigenvalue weighted by Gasteiger charge is -2.09. The molecule has 0 aliphatic heterocycles. The van der Waals surface area contributed by atoms with E-state index in [2.05, 4.69) is 4.98 Å². The minimum absolute atomic E-state index is 0.0725. The number of phenols is 1. The van der Waals surface area contributed by atoms with Gasteiger partial charge < -0.3 is 21.3 Å². The summed E-state index contributed by atoms with van der Waals surface area (Å²) in [6.45, 7) is 0. The first kappa shape index (κ1) is 11.7. The number of hydrogen-bond donors (Lipinski definition) is 3. The Kier molecular flexibility index (Phi) is 3.01. The maximum Gasteiger partial charge on any atom is 0.267 e. The molecule has 0 fully saturated rings. The largest absolute Gasteiger partial charge is 0.506 e. The summed E-state index contributed by atoms with van der Waals surface area (Å²) in [6.07, 6.45) is 1.40. The topological polar surface area (TPSA) is 111 Å². The van der Waals surface area contributed by atoms with E-state index in [9.17, 15) is 9.90 Å². The molecule has 92 valence electrons. The quantitative estimate of drug-likeness (QED) is 0.556. The van der Waals surface area contributed by atoms with Crippen LogP contribution in [0, 0.1) is 0 Å². The second-order valence-electron chi connectivity index (χ2n) is 3.53. The van der Waals surface area contributed by atoms with Crippen LogP contribution in [0.1, 0.15) is 10.5 Å². The zero-order valence-corrected chi connectivity index (χ0v) is 9.33. The maximum absolute atomic E-state index is 11.0. The molecule has 6 nitrogen and oxygen atoms in total. The van der Waals surface area contributed by atoms with E-state index in [1.807, 2.05) is 0 Å². The number of nitrogens with zero attached hydrogens (tertiary/aromatic N) is 1. The van der Waals surface area contributed by atoms with Crippen molar-refractivity contribution in [3.63, 3.8) is 0 Å². The fraction of sp³-hybridized carbons (Fsp3) is 0. The van der Waals surface area contributed by atoms with E-state index in [0.717, 1.165) is 0 Å². The van der Waals surface area contributed by atoms with Crippen LogP contribution in [0.5, 0.6) is 17.2 Å². The number of nitrogens with two attached hydrogens (primary N) is 2. The Morgan fingerprint density at radius 1 is 1.33 bits per heavy atom. The standard InChI is InChI=1S/C12H11N3O3/c13-11-9(16)2-1-3-10(11)18-7-4-5-15-8(6-7)12(14)17/h1-6,16H,13H2,(H2,14,17). The molecule has 0 atom stereocenters. The number of rotatable bonds is 3. The number of aromatic hydroxyl groups is 1. The Balaban J connectivity index is 2.31. The smallest absolute Gasteiger partial charge is 0.267 e. The summed E-state index contributed by atoms with van der Waals surface area (Å²) in [5.74, 6) is -0.0752. The van der Waals surface area contributed by atoms with Crippen LogP contribution in [0.15, 0.2) is 36.5 Å². The van der Waals surface area contributed by atoms with Crippen LogP contribution < -0.4 is 16.2 Å². The van der Waals surface area contributed by atoms with Crippen LogP contribution in [0.25, 0.3) is 0 Å². The van der Waals surface area contributed by atoms with Crippen molar-refractivity contribution < 1.29 is 14.6 Å². The molecule has 1 amide bonds. The van der Waals surface area contributed by atoms with Crippen molar-refractivity contribution in [3.05, 3.63) is 42.2 Å². The lowest BCUT2D eigenvalue weighted by Crippen LogP contribution is -2.12. The van der Waals surface area contributed by atoms with Gasteiger partial charge in [0, 0.05) is 12.3 Å². The average molecular weight is 245 g/mol. The summed E-state index contributed by atoms with van der Waals surface area (Å²) in [5, 5.41) is 9.43. The molecule has 6 heteroatoms. The number of hydrogen-bond acceptors (Lipinski definition) is 5. The monoisotopic (exact) mass is 245 g/mol. The summed E-state index contributed by atoms with van der Waals surface area (Å²) in [5.41, 5.74) is 11.0. The number of phenolic OH excluding ortho intramolecular Hbond substituents is 1. The van der Waals surface area contributed by atoms with Gasteiger partial charge in [0.15, 0.2) is 5.75 Å². The van der Waals surface area contributed by atoms with Crippen LogP contribution in [-0.2, 0) is 0 Å². The van der Waals surface area contributed by atoms with Gasteiger partial charge in [0.25, 0.3) is 5.91 Å². The van der Waals surface area contributed by atoms with Gasteiger partial charge >= 0.3 is 0 Å². The molecular weight excluding hydrogens is 234 g/mol. The van der Waals surface area contributed by atoms with Crippen molar-refractivity contribution in [3.8, 4) is 17.2 Å². The number of carbonyl (C=O) groups is 1. The molecule has 0 aliphatic carbocycles. The molecule has 0 spiro atoms. The van der Waals surface area contributed by atoms with Gasteiger partial charge in [-0.3, -0.25) is 9.78 Å². The number of aromatic nitrogens is 1. The molecule has 0 unspecified atom stereocenters. The lowest BCUT2D eigenvalue weighted by atomic mass is 10.2. The Morgan fingerprint density at radius 3 is 2.83 bits per heavy atom. The molecular formula is C12H11N3O3. The van der Waals surface area contributed by atoms with Gasteiger partial charge in [-0.25, -0.2) is 0 Å². The molecule has 5 N–H and O–H groups in total. The van der Waals surface area contributed by atoms with Crippen molar-refractivity contribution in [1.29, 1.82) is 0 Å². The highest BCUT2D eigenvalue weighted by Gasteiger charge is 2.08. The van der Waals surface area contributed by atoms with Crippen molar-refractivity contribution in [2.45, 2.75) is 0 Å².